The van der Waals surface area contributed by atoms with Crippen LogP contribution in [0.2, 0.25) is 0 Å². The van der Waals surface area contributed by atoms with Gasteiger partial charge in [-0.3, -0.25) is 0 Å². The minimum atomic E-state index is -0.107. The van der Waals surface area contributed by atoms with E-state index in [1.54, 1.807) is 0 Å². The lowest BCUT2D eigenvalue weighted by Crippen LogP contribution is -2.41. The molecule has 1 heterocycles. The molecule has 0 radical (unpaired) electrons. The fourth-order valence-corrected chi connectivity index (χ4v) is 2.04. The average Bonchev–Trinajstić information content (AvgIpc) is 2.19. The maximum absolute atomic E-state index is 9.52. The Morgan fingerprint density at radius 1 is 1.29 bits per heavy atom. The second-order valence-electron chi connectivity index (χ2n) is 4.02. The summed E-state index contributed by atoms with van der Waals surface area (Å²) >= 11 is 0. The van der Waals surface area contributed by atoms with Crippen molar-refractivity contribution >= 4 is 0 Å². The summed E-state index contributed by atoms with van der Waals surface area (Å²) in [6.07, 6.45) is 2.70. The third kappa shape index (κ3) is 2.56. The van der Waals surface area contributed by atoms with Gasteiger partial charge in [0.1, 0.15) is 0 Å². The molecule has 0 unspecified atom stereocenters. The van der Waals surface area contributed by atoms with E-state index in [0.29, 0.717) is 6.04 Å². The lowest BCUT2D eigenvalue weighted by molar-refractivity contribution is 0.116. The number of hydrogen-bond acceptors (Lipinski definition) is 2. The van der Waals surface area contributed by atoms with Gasteiger partial charge in [-0.15, -0.1) is 0 Å². The molecule has 0 aromatic heterocycles. The van der Waals surface area contributed by atoms with Gasteiger partial charge in [0.05, 0.1) is 6.10 Å². The first-order valence-corrected chi connectivity index (χ1v) is 5.30. The van der Waals surface area contributed by atoms with Gasteiger partial charge in [0.25, 0.3) is 0 Å². The molecule has 1 aromatic rings. The molecule has 0 amide bonds. The van der Waals surface area contributed by atoms with Crippen LogP contribution in [0, 0.1) is 0 Å². The molecule has 1 aliphatic rings. The standard InChI is InChI=1S/C12H17NO/c14-12-6-7-13-11(9-12)8-10-4-2-1-3-5-10/h1-5,11-14H,6-9H2/t11-,12-/m1/s1. The fourth-order valence-electron chi connectivity index (χ4n) is 2.04. The van der Waals surface area contributed by atoms with Crippen molar-refractivity contribution in [2.24, 2.45) is 0 Å². The van der Waals surface area contributed by atoms with Crippen LogP contribution >= 0.6 is 0 Å². The summed E-state index contributed by atoms with van der Waals surface area (Å²) in [6, 6.07) is 10.9. The van der Waals surface area contributed by atoms with Crippen molar-refractivity contribution < 1.29 is 5.11 Å². The number of benzene rings is 1. The van der Waals surface area contributed by atoms with E-state index in [2.05, 4.69) is 29.6 Å². The molecule has 2 heteroatoms. The first-order chi connectivity index (χ1) is 6.84. The SMILES string of the molecule is O[C@@H]1CCN[C@H](Cc2ccccc2)C1. The number of hydrogen-bond donors (Lipinski definition) is 2. The molecule has 2 N–H and O–H groups in total. The van der Waals surface area contributed by atoms with Crippen LogP contribution in [0.5, 0.6) is 0 Å². The molecule has 0 saturated carbocycles. The molecule has 1 saturated heterocycles. The smallest absolute Gasteiger partial charge is 0.0567 e. The second-order valence-corrected chi connectivity index (χ2v) is 4.02. The Morgan fingerprint density at radius 3 is 2.79 bits per heavy atom. The van der Waals surface area contributed by atoms with Crippen LogP contribution in [-0.4, -0.2) is 23.8 Å². The number of piperidine rings is 1. The van der Waals surface area contributed by atoms with Gasteiger partial charge < -0.3 is 10.4 Å². The predicted octanol–water partition coefficient (Wildman–Crippen LogP) is 1.34. The summed E-state index contributed by atoms with van der Waals surface area (Å²) in [4.78, 5) is 0. The number of nitrogens with one attached hydrogen (secondary N) is 1. The minimum Gasteiger partial charge on any atom is -0.393 e. The molecule has 2 atom stereocenters. The van der Waals surface area contributed by atoms with Crippen LogP contribution < -0.4 is 5.32 Å². The summed E-state index contributed by atoms with van der Waals surface area (Å²) in [5.41, 5.74) is 1.35. The van der Waals surface area contributed by atoms with Crippen molar-refractivity contribution in [3.8, 4) is 0 Å². The molecule has 0 spiro atoms. The second kappa shape index (κ2) is 4.58. The lowest BCUT2D eigenvalue weighted by Gasteiger charge is -2.27. The number of aliphatic hydroxyl groups excluding tert-OH is 1. The van der Waals surface area contributed by atoms with Crippen LogP contribution in [0.25, 0.3) is 0 Å². The Labute approximate surface area is 85.0 Å². The van der Waals surface area contributed by atoms with E-state index in [-0.39, 0.29) is 6.10 Å². The van der Waals surface area contributed by atoms with E-state index in [9.17, 15) is 5.11 Å². The summed E-state index contributed by atoms with van der Waals surface area (Å²) in [5.74, 6) is 0. The fraction of sp³-hybridized carbons (Fsp3) is 0.500. The Bertz CT molecular complexity index is 273. The molecule has 2 rings (SSSR count). The van der Waals surface area contributed by atoms with Crippen molar-refractivity contribution in [2.45, 2.75) is 31.4 Å². The molecule has 1 aromatic carbocycles. The Morgan fingerprint density at radius 2 is 2.07 bits per heavy atom. The van der Waals surface area contributed by atoms with Crippen molar-refractivity contribution in [1.82, 2.24) is 5.32 Å². The largest absolute Gasteiger partial charge is 0.393 e. The van der Waals surface area contributed by atoms with Gasteiger partial charge in [-0.2, -0.15) is 0 Å². The van der Waals surface area contributed by atoms with Crippen molar-refractivity contribution in [2.75, 3.05) is 6.54 Å². The zero-order valence-electron chi connectivity index (χ0n) is 8.32. The van der Waals surface area contributed by atoms with E-state index in [1.165, 1.54) is 5.56 Å². The number of rotatable bonds is 2. The Kier molecular flexibility index (Phi) is 3.17. The van der Waals surface area contributed by atoms with Gasteiger partial charge in [-0.1, -0.05) is 30.3 Å². The highest BCUT2D eigenvalue weighted by Crippen LogP contribution is 2.13. The van der Waals surface area contributed by atoms with Gasteiger partial charge >= 0.3 is 0 Å². The summed E-state index contributed by atoms with van der Waals surface area (Å²) in [5, 5.41) is 13.0. The third-order valence-corrected chi connectivity index (χ3v) is 2.79. The van der Waals surface area contributed by atoms with E-state index in [1.807, 2.05) is 6.07 Å². The minimum absolute atomic E-state index is 0.107. The highest BCUT2D eigenvalue weighted by molar-refractivity contribution is 5.16. The summed E-state index contributed by atoms with van der Waals surface area (Å²) < 4.78 is 0. The van der Waals surface area contributed by atoms with Gasteiger partial charge in [-0.05, 0) is 31.4 Å². The third-order valence-electron chi connectivity index (χ3n) is 2.79. The zero-order chi connectivity index (χ0) is 9.80. The molecule has 1 fully saturated rings. The van der Waals surface area contributed by atoms with E-state index in [0.717, 1.165) is 25.8 Å². The van der Waals surface area contributed by atoms with Crippen LogP contribution in [0.1, 0.15) is 18.4 Å². The van der Waals surface area contributed by atoms with Crippen LogP contribution in [0.4, 0.5) is 0 Å². The average molecular weight is 191 g/mol. The topological polar surface area (TPSA) is 32.3 Å². The first-order valence-electron chi connectivity index (χ1n) is 5.30. The highest BCUT2D eigenvalue weighted by Gasteiger charge is 2.19. The molecule has 1 aliphatic heterocycles. The molecule has 14 heavy (non-hydrogen) atoms. The molecular formula is C12H17NO. The van der Waals surface area contributed by atoms with Gasteiger partial charge in [0.2, 0.25) is 0 Å². The van der Waals surface area contributed by atoms with Gasteiger partial charge in [0.15, 0.2) is 0 Å². The molecule has 0 bridgehead atoms. The molecule has 0 aliphatic carbocycles. The quantitative estimate of drug-likeness (QED) is 0.739. The van der Waals surface area contributed by atoms with Crippen LogP contribution in [-0.2, 0) is 6.42 Å². The van der Waals surface area contributed by atoms with E-state index in [4.69, 9.17) is 0 Å². The number of aliphatic hydroxyl groups is 1. The maximum atomic E-state index is 9.52. The summed E-state index contributed by atoms with van der Waals surface area (Å²) in [7, 11) is 0. The lowest BCUT2D eigenvalue weighted by atomic mass is 9.96. The molecular weight excluding hydrogens is 174 g/mol. The van der Waals surface area contributed by atoms with E-state index < -0.39 is 0 Å². The monoisotopic (exact) mass is 191 g/mol. The van der Waals surface area contributed by atoms with Crippen LogP contribution in [0.15, 0.2) is 30.3 Å². The molecule has 2 nitrogen and oxygen atoms in total. The van der Waals surface area contributed by atoms with Crippen molar-refractivity contribution in [3.05, 3.63) is 35.9 Å². The normalized spacial score (nSPS) is 27.5. The summed E-state index contributed by atoms with van der Waals surface area (Å²) in [6.45, 7) is 0.943. The van der Waals surface area contributed by atoms with Crippen LogP contribution in [0.3, 0.4) is 0 Å². The first kappa shape index (κ1) is 9.69. The Hall–Kier alpha value is -0.860. The van der Waals surface area contributed by atoms with E-state index >= 15 is 0 Å². The molecule has 76 valence electrons. The maximum Gasteiger partial charge on any atom is 0.0567 e. The van der Waals surface area contributed by atoms with Gasteiger partial charge in [0, 0.05) is 6.04 Å². The van der Waals surface area contributed by atoms with Crippen molar-refractivity contribution in [3.63, 3.8) is 0 Å². The highest BCUT2D eigenvalue weighted by atomic mass is 16.3. The predicted molar refractivity (Wildman–Crippen MR) is 57.2 cm³/mol. The Balaban J connectivity index is 1.91. The van der Waals surface area contributed by atoms with Crippen molar-refractivity contribution in [1.29, 1.82) is 0 Å². The van der Waals surface area contributed by atoms with Gasteiger partial charge in [-0.25, -0.2) is 0 Å². The zero-order valence-corrected chi connectivity index (χ0v) is 8.32.